The highest BCUT2D eigenvalue weighted by Crippen LogP contribution is 2.29. The topological polar surface area (TPSA) is 78.5 Å². The molecule has 1 aliphatic rings. The van der Waals surface area contributed by atoms with Gasteiger partial charge in [0.1, 0.15) is 12.1 Å². The van der Waals surface area contributed by atoms with E-state index in [2.05, 4.69) is 10.6 Å². The largest absolute Gasteiger partial charge is 0.347 e. The molecule has 1 saturated heterocycles. The zero-order valence-corrected chi connectivity index (χ0v) is 16.4. The van der Waals surface area contributed by atoms with E-state index in [0.717, 1.165) is 9.78 Å². The molecular weight excluding hydrogens is 362 g/mol. The van der Waals surface area contributed by atoms with Crippen LogP contribution >= 0.6 is 11.3 Å². The maximum atomic E-state index is 12.9. The van der Waals surface area contributed by atoms with Gasteiger partial charge in [-0.05, 0) is 29.9 Å². The maximum Gasteiger partial charge on any atom is 0.325 e. The van der Waals surface area contributed by atoms with Crippen molar-refractivity contribution >= 4 is 29.2 Å². The monoisotopic (exact) mass is 385 g/mol. The SMILES string of the molecule is CC(C)C(NC(=O)CN1C(=O)NC(C)(c2ccccc2)C1=O)c1cccs1. The fraction of sp³-hybridized carbons (Fsp3) is 0.350. The Labute approximate surface area is 162 Å². The van der Waals surface area contributed by atoms with Crippen LogP contribution in [0.4, 0.5) is 4.79 Å². The molecule has 1 aromatic heterocycles. The van der Waals surface area contributed by atoms with Gasteiger partial charge in [-0.3, -0.25) is 14.5 Å². The molecule has 2 aromatic rings. The number of nitrogens with zero attached hydrogens (tertiary/aromatic N) is 1. The number of imide groups is 1. The Kier molecular flexibility index (Phi) is 5.32. The van der Waals surface area contributed by atoms with Gasteiger partial charge < -0.3 is 10.6 Å². The second-order valence-corrected chi connectivity index (χ2v) is 8.10. The van der Waals surface area contributed by atoms with E-state index in [1.807, 2.05) is 49.6 Å². The van der Waals surface area contributed by atoms with Crippen LogP contribution in [0.5, 0.6) is 0 Å². The lowest BCUT2D eigenvalue weighted by atomic mass is 9.92. The highest BCUT2D eigenvalue weighted by atomic mass is 32.1. The summed E-state index contributed by atoms with van der Waals surface area (Å²) in [4.78, 5) is 39.9. The molecule has 0 spiro atoms. The zero-order chi connectivity index (χ0) is 19.6. The minimum Gasteiger partial charge on any atom is -0.347 e. The van der Waals surface area contributed by atoms with Gasteiger partial charge in [0, 0.05) is 4.88 Å². The van der Waals surface area contributed by atoms with E-state index in [9.17, 15) is 14.4 Å². The number of hydrogen-bond acceptors (Lipinski definition) is 4. The van der Waals surface area contributed by atoms with E-state index in [4.69, 9.17) is 0 Å². The predicted molar refractivity (Wildman–Crippen MR) is 104 cm³/mol. The number of rotatable bonds is 6. The van der Waals surface area contributed by atoms with Gasteiger partial charge in [0.2, 0.25) is 5.91 Å². The average Bonchev–Trinajstić information content (AvgIpc) is 3.24. The lowest BCUT2D eigenvalue weighted by Gasteiger charge is -2.24. The summed E-state index contributed by atoms with van der Waals surface area (Å²) in [6.45, 7) is 5.39. The molecule has 142 valence electrons. The van der Waals surface area contributed by atoms with Crippen molar-refractivity contribution in [2.45, 2.75) is 32.4 Å². The van der Waals surface area contributed by atoms with Crippen molar-refractivity contribution in [3.63, 3.8) is 0 Å². The molecule has 2 heterocycles. The van der Waals surface area contributed by atoms with Gasteiger partial charge in [-0.25, -0.2) is 4.79 Å². The van der Waals surface area contributed by atoms with E-state index in [1.54, 1.807) is 30.4 Å². The fourth-order valence-corrected chi connectivity index (χ4v) is 4.15. The fourth-order valence-electron chi connectivity index (χ4n) is 3.20. The highest BCUT2D eigenvalue weighted by molar-refractivity contribution is 7.10. The molecule has 1 fully saturated rings. The van der Waals surface area contributed by atoms with Crippen LogP contribution in [0, 0.1) is 5.92 Å². The molecule has 6 nitrogen and oxygen atoms in total. The highest BCUT2D eigenvalue weighted by Gasteiger charge is 2.49. The van der Waals surface area contributed by atoms with Crippen molar-refractivity contribution in [3.05, 3.63) is 58.3 Å². The van der Waals surface area contributed by atoms with Gasteiger partial charge in [0.25, 0.3) is 5.91 Å². The molecule has 2 unspecified atom stereocenters. The third-order valence-corrected chi connectivity index (χ3v) is 5.72. The Hall–Kier alpha value is -2.67. The van der Waals surface area contributed by atoms with E-state index in [1.165, 1.54) is 0 Å². The molecule has 27 heavy (non-hydrogen) atoms. The summed E-state index contributed by atoms with van der Waals surface area (Å²) >= 11 is 1.57. The molecule has 1 aromatic carbocycles. The smallest absolute Gasteiger partial charge is 0.325 e. The summed E-state index contributed by atoms with van der Waals surface area (Å²) in [6.07, 6.45) is 0. The Morgan fingerprint density at radius 3 is 2.48 bits per heavy atom. The first-order valence-corrected chi connectivity index (χ1v) is 9.73. The van der Waals surface area contributed by atoms with Gasteiger partial charge in [0.15, 0.2) is 0 Å². The second kappa shape index (κ2) is 7.52. The van der Waals surface area contributed by atoms with Crippen LogP contribution in [0.3, 0.4) is 0 Å². The molecule has 0 bridgehead atoms. The third kappa shape index (κ3) is 3.73. The van der Waals surface area contributed by atoms with Crippen molar-refractivity contribution in [1.82, 2.24) is 15.5 Å². The Bertz CT molecular complexity index is 835. The molecule has 4 amide bonds. The van der Waals surface area contributed by atoms with Crippen LogP contribution in [-0.4, -0.2) is 29.3 Å². The van der Waals surface area contributed by atoms with Crippen LogP contribution in [0.25, 0.3) is 0 Å². The van der Waals surface area contributed by atoms with Crippen LogP contribution in [-0.2, 0) is 15.1 Å². The Balaban J connectivity index is 1.73. The zero-order valence-electron chi connectivity index (χ0n) is 15.6. The number of urea groups is 1. The average molecular weight is 385 g/mol. The van der Waals surface area contributed by atoms with Crippen LogP contribution in [0.1, 0.15) is 37.3 Å². The van der Waals surface area contributed by atoms with Crippen molar-refractivity contribution in [2.24, 2.45) is 5.92 Å². The van der Waals surface area contributed by atoms with Gasteiger partial charge in [-0.1, -0.05) is 50.2 Å². The van der Waals surface area contributed by atoms with Gasteiger partial charge in [-0.15, -0.1) is 11.3 Å². The summed E-state index contributed by atoms with van der Waals surface area (Å²) in [7, 11) is 0. The number of carbonyl (C=O) groups is 3. The molecule has 2 atom stereocenters. The second-order valence-electron chi connectivity index (χ2n) is 7.12. The maximum absolute atomic E-state index is 12.9. The van der Waals surface area contributed by atoms with Crippen LogP contribution < -0.4 is 10.6 Å². The van der Waals surface area contributed by atoms with Gasteiger partial charge in [-0.2, -0.15) is 0 Å². The molecule has 7 heteroatoms. The summed E-state index contributed by atoms with van der Waals surface area (Å²) in [6, 6.07) is 12.2. The number of amides is 4. The first-order valence-electron chi connectivity index (χ1n) is 8.85. The van der Waals surface area contributed by atoms with Crippen molar-refractivity contribution in [2.75, 3.05) is 6.54 Å². The van der Waals surface area contributed by atoms with Crippen molar-refractivity contribution in [3.8, 4) is 0 Å². The van der Waals surface area contributed by atoms with E-state index < -0.39 is 17.5 Å². The minimum absolute atomic E-state index is 0.154. The summed E-state index contributed by atoms with van der Waals surface area (Å²) in [5.41, 5.74) is -0.478. The van der Waals surface area contributed by atoms with Crippen molar-refractivity contribution < 1.29 is 14.4 Å². The minimum atomic E-state index is -1.16. The number of nitrogens with one attached hydrogen (secondary N) is 2. The quantitative estimate of drug-likeness (QED) is 0.750. The summed E-state index contributed by atoms with van der Waals surface area (Å²) in [5, 5.41) is 7.62. The summed E-state index contributed by atoms with van der Waals surface area (Å²) in [5.74, 6) is -0.598. The molecule has 2 N–H and O–H groups in total. The first-order chi connectivity index (χ1) is 12.8. The lowest BCUT2D eigenvalue weighted by molar-refractivity contribution is -0.135. The number of carbonyl (C=O) groups excluding carboxylic acids is 3. The predicted octanol–water partition coefficient (Wildman–Crippen LogP) is 3.03. The molecule has 0 radical (unpaired) electrons. The van der Waals surface area contributed by atoms with Crippen molar-refractivity contribution in [1.29, 1.82) is 0 Å². The van der Waals surface area contributed by atoms with E-state index in [0.29, 0.717) is 5.56 Å². The number of hydrogen-bond donors (Lipinski definition) is 2. The molecule has 0 aliphatic carbocycles. The Morgan fingerprint density at radius 2 is 1.89 bits per heavy atom. The Morgan fingerprint density at radius 1 is 1.19 bits per heavy atom. The normalized spacial score (nSPS) is 20.7. The number of thiophene rings is 1. The van der Waals surface area contributed by atoms with Crippen LogP contribution in [0.2, 0.25) is 0 Å². The molecule has 0 saturated carbocycles. The summed E-state index contributed by atoms with van der Waals surface area (Å²) < 4.78 is 0. The number of benzene rings is 1. The molecule has 3 rings (SSSR count). The third-order valence-electron chi connectivity index (χ3n) is 4.76. The van der Waals surface area contributed by atoms with Crippen LogP contribution in [0.15, 0.2) is 47.8 Å². The lowest BCUT2D eigenvalue weighted by Crippen LogP contribution is -2.44. The van der Waals surface area contributed by atoms with Gasteiger partial charge >= 0.3 is 6.03 Å². The van der Waals surface area contributed by atoms with E-state index in [-0.39, 0.29) is 24.4 Å². The first kappa shape index (κ1) is 19.1. The molecule has 1 aliphatic heterocycles. The standard InChI is InChI=1S/C20H23N3O3S/c1-13(2)17(15-10-7-11-27-15)21-16(24)12-23-18(25)20(3,22-19(23)26)14-8-5-4-6-9-14/h4-11,13,17H,12H2,1-3H3,(H,21,24)(H,22,26). The van der Waals surface area contributed by atoms with Gasteiger partial charge in [0.05, 0.1) is 6.04 Å². The molecular formula is C20H23N3O3S. The van der Waals surface area contributed by atoms with E-state index >= 15 is 0 Å².